The minimum Gasteiger partial charge on any atom is -0.481 e. The van der Waals surface area contributed by atoms with Crippen molar-refractivity contribution in [3.8, 4) is 0 Å². The van der Waals surface area contributed by atoms with Gasteiger partial charge in [-0.05, 0) is 44.7 Å². The summed E-state index contributed by atoms with van der Waals surface area (Å²) >= 11 is 0. The van der Waals surface area contributed by atoms with Crippen molar-refractivity contribution in [2.75, 3.05) is 23.8 Å². The van der Waals surface area contributed by atoms with Crippen molar-refractivity contribution in [2.24, 2.45) is 0 Å². The van der Waals surface area contributed by atoms with E-state index in [0.717, 1.165) is 61.5 Å². The Balaban J connectivity index is 0.000000343. The number of carboxylic acids is 1. The van der Waals surface area contributed by atoms with E-state index in [1.165, 1.54) is 0 Å². The van der Waals surface area contributed by atoms with E-state index in [1.807, 2.05) is 20.0 Å². The van der Waals surface area contributed by atoms with Crippen molar-refractivity contribution in [1.29, 1.82) is 0 Å². The second-order valence-corrected chi connectivity index (χ2v) is 7.92. The smallest absolute Gasteiger partial charge is 0.303 e. The molecule has 0 saturated carbocycles. The van der Waals surface area contributed by atoms with Crippen LogP contribution in [-0.2, 0) is 4.79 Å². The van der Waals surface area contributed by atoms with Crippen molar-refractivity contribution in [3.63, 3.8) is 0 Å². The van der Waals surface area contributed by atoms with E-state index in [4.69, 9.17) is 5.11 Å². The molecule has 0 atom stereocenters. The lowest BCUT2D eigenvalue weighted by atomic mass is 9.79. The van der Waals surface area contributed by atoms with Crippen LogP contribution < -0.4 is 10.2 Å². The molecule has 7 heteroatoms. The number of hydrogen-bond donors (Lipinski definition) is 2. The Labute approximate surface area is 178 Å². The number of hydrogen-bond acceptors (Lipinski definition) is 5. The van der Waals surface area contributed by atoms with Gasteiger partial charge in [0.2, 0.25) is 0 Å². The third kappa shape index (κ3) is 4.99. The van der Waals surface area contributed by atoms with Crippen molar-refractivity contribution in [3.05, 3.63) is 23.6 Å². The topological polar surface area (TPSA) is 78.3 Å². The van der Waals surface area contributed by atoms with Gasteiger partial charge in [-0.15, -0.1) is 5.10 Å². The number of halogens is 1. The number of carbonyl (C=O) groups is 1. The summed E-state index contributed by atoms with van der Waals surface area (Å²) in [6, 6.07) is 3.53. The van der Waals surface area contributed by atoms with Gasteiger partial charge in [-0.2, -0.15) is 5.10 Å². The van der Waals surface area contributed by atoms with Crippen molar-refractivity contribution < 1.29 is 14.3 Å². The average molecular weight is 419 g/mol. The minimum absolute atomic E-state index is 0.101. The van der Waals surface area contributed by atoms with Gasteiger partial charge in [0.1, 0.15) is 5.82 Å². The van der Waals surface area contributed by atoms with E-state index >= 15 is 0 Å². The van der Waals surface area contributed by atoms with Gasteiger partial charge in [0, 0.05) is 36.3 Å². The molecule has 0 amide bonds. The predicted octanol–water partition coefficient (Wildman–Crippen LogP) is 5.54. The summed E-state index contributed by atoms with van der Waals surface area (Å²) in [5.41, 5.74) is 1.54. The summed E-state index contributed by atoms with van der Waals surface area (Å²) in [7, 11) is 1.81. The quantitative estimate of drug-likeness (QED) is 0.548. The fourth-order valence-electron chi connectivity index (χ4n) is 4.11. The summed E-state index contributed by atoms with van der Waals surface area (Å²) < 4.78 is 14.7. The number of benzene rings is 1. The first-order valence-corrected chi connectivity index (χ1v) is 11.0. The Hall–Kier alpha value is -2.44. The monoisotopic (exact) mass is 418 g/mol. The molecule has 0 spiro atoms. The maximum absolute atomic E-state index is 14.7. The standard InChI is InChI=1S/C17H23FN4.C6H12O2/c1-5-17(6-2)7-8-22(17)15-10-13-12(9-14(15)18)11(3)20-21-16(13)19-4;1-2-3-4-5-6(7)8/h9-10H,5-8H2,1-4H3,(H,19,21);2-5H2,1H3,(H,7,8). The summed E-state index contributed by atoms with van der Waals surface area (Å²) in [5, 5.41) is 21.2. The number of rotatable bonds is 8. The highest BCUT2D eigenvalue weighted by Gasteiger charge is 2.42. The Bertz CT molecular complexity index is 862. The van der Waals surface area contributed by atoms with Crippen LogP contribution in [0.1, 0.15) is 71.4 Å². The van der Waals surface area contributed by atoms with Gasteiger partial charge in [-0.3, -0.25) is 4.79 Å². The molecule has 1 aliphatic heterocycles. The van der Waals surface area contributed by atoms with Gasteiger partial charge in [0.05, 0.1) is 11.4 Å². The number of fused-ring (bicyclic) bond motifs is 1. The first kappa shape index (κ1) is 23.8. The Morgan fingerprint density at radius 1 is 1.20 bits per heavy atom. The highest BCUT2D eigenvalue weighted by molar-refractivity contribution is 5.95. The molecule has 1 aromatic carbocycles. The summed E-state index contributed by atoms with van der Waals surface area (Å²) in [6.07, 6.45) is 6.48. The van der Waals surface area contributed by atoms with Crippen LogP contribution in [0.5, 0.6) is 0 Å². The van der Waals surface area contributed by atoms with E-state index < -0.39 is 5.97 Å². The van der Waals surface area contributed by atoms with Crippen LogP contribution in [0.25, 0.3) is 10.8 Å². The lowest BCUT2D eigenvalue weighted by Crippen LogP contribution is -2.59. The second-order valence-electron chi connectivity index (χ2n) is 7.92. The van der Waals surface area contributed by atoms with Crippen LogP contribution in [0.15, 0.2) is 12.1 Å². The number of nitrogens with zero attached hydrogens (tertiary/aromatic N) is 3. The zero-order valence-corrected chi connectivity index (χ0v) is 18.9. The Morgan fingerprint density at radius 3 is 2.40 bits per heavy atom. The van der Waals surface area contributed by atoms with Crippen molar-refractivity contribution in [2.45, 2.75) is 78.2 Å². The van der Waals surface area contributed by atoms with Gasteiger partial charge in [-0.1, -0.05) is 33.6 Å². The number of nitrogens with one attached hydrogen (secondary N) is 1. The molecule has 1 fully saturated rings. The van der Waals surface area contributed by atoms with E-state index in [0.29, 0.717) is 17.9 Å². The minimum atomic E-state index is -0.682. The van der Waals surface area contributed by atoms with Gasteiger partial charge in [0.15, 0.2) is 5.82 Å². The third-order valence-corrected chi connectivity index (χ3v) is 6.24. The lowest BCUT2D eigenvalue weighted by Gasteiger charge is -2.54. The van der Waals surface area contributed by atoms with E-state index in [-0.39, 0.29) is 11.4 Å². The second kappa shape index (κ2) is 10.5. The number of aromatic nitrogens is 2. The molecule has 0 unspecified atom stereocenters. The molecule has 6 nitrogen and oxygen atoms in total. The predicted molar refractivity (Wildman–Crippen MR) is 121 cm³/mol. The maximum Gasteiger partial charge on any atom is 0.303 e. The van der Waals surface area contributed by atoms with Gasteiger partial charge in [-0.25, -0.2) is 4.39 Å². The molecule has 166 valence electrons. The highest BCUT2D eigenvalue weighted by Crippen LogP contribution is 2.43. The van der Waals surface area contributed by atoms with Crippen LogP contribution in [0, 0.1) is 12.7 Å². The number of carboxylic acid groups (broad SMARTS) is 1. The average Bonchev–Trinajstić information content (AvgIpc) is 2.70. The molecule has 3 rings (SSSR count). The zero-order chi connectivity index (χ0) is 22.3. The Kier molecular flexibility index (Phi) is 8.38. The molecule has 2 aromatic rings. The molecule has 30 heavy (non-hydrogen) atoms. The van der Waals surface area contributed by atoms with Gasteiger partial charge >= 0.3 is 5.97 Å². The number of anilines is 2. The van der Waals surface area contributed by atoms with E-state index in [2.05, 4.69) is 41.2 Å². The Morgan fingerprint density at radius 2 is 1.90 bits per heavy atom. The SMILES string of the molecule is CCC1(CC)CCN1c1cc2c(NC)nnc(C)c2cc1F.CCCCCC(=O)O. The van der Waals surface area contributed by atoms with Gasteiger partial charge in [0.25, 0.3) is 0 Å². The van der Waals surface area contributed by atoms with Crippen LogP contribution in [-0.4, -0.2) is 40.4 Å². The van der Waals surface area contributed by atoms with Crippen LogP contribution in [0.2, 0.25) is 0 Å². The third-order valence-electron chi connectivity index (χ3n) is 6.24. The number of aliphatic carboxylic acids is 1. The largest absolute Gasteiger partial charge is 0.481 e. The van der Waals surface area contributed by atoms with Crippen molar-refractivity contribution >= 4 is 28.2 Å². The zero-order valence-electron chi connectivity index (χ0n) is 18.9. The number of aryl methyl sites for hydroxylation is 1. The van der Waals surface area contributed by atoms with Crippen molar-refractivity contribution in [1.82, 2.24) is 10.2 Å². The first-order valence-electron chi connectivity index (χ1n) is 11.0. The number of unbranched alkanes of at least 4 members (excludes halogenated alkanes) is 2. The molecule has 1 saturated heterocycles. The molecule has 0 bridgehead atoms. The molecule has 1 aromatic heterocycles. The maximum atomic E-state index is 14.7. The highest BCUT2D eigenvalue weighted by atomic mass is 19.1. The molecule has 2 heterocycles. The first-order chi connectivity index (χ1) is 14.3. The molecule has 2 N–H and O–H groups in total. The summed E-state index contributed by atoms with van der Waals surface area (Å²) in [6.45, 7) is 9.20. The van der Waals surface area contributed by atoms with E-state index in [9.17, 15) is 9.18 Å². The van der Waals surface area contributed by atoms with Crippen LogP contribution >= 0.6 is 0 Å². The molecule has 0 radical (unpaired) electrons. The van der Waals surface area contributed by atoms with Gasteiger partial charge < -0.3 is 15.3 Å². The fourth-order valence-corrected chi connectivity index (χ4v) is 4.11. The van der Waals surface area contributed by atoms with Crippen LogP contribution in [0.4, 0.5) is 15.9 Å². The molecular formula is C23H35FN4O2. The van der Waals surface area contributed by atoms with E-state index in [1.54, 1.807) is 6.07 Å². The molecule has 0 aliphatic carbocycles. The summed E-state index contributed by atoms with van der Waals surface area (Å²) in [4.78, 5) is 12.1. The fraction of sp³-hybridized carbons (Fsp3) is 0.609. The normalized spacial score (nSPS) is 14.7. The van der Waals surface area contributed by atoms with Crippen LogP contribution in [0.3, 0.4) is 0 Å². The molecular weight excluding hydrogens is 383 g/mol. The lowest BCUT2D eigenvalue weighted by molar-refractivity contribution is -0.137. The summed E-state index contributed by atoms with van der Waals surface area (Å²) in [5.74, 6) is -0.156. The molecule has 1 aliphatic rings.